The highest BCUT2D eigenvalue weighted by Gasteiger charge is 2.50. The maximum atomic E-state index is 13.4. The summed E-state index contributed by atoms with van der Waals surface area (Å²) < 4.78 is 16.4. The highest BCUT2D eigenvalue weighted by Crippen LogP contribution is 2.51. The first-order chi connectivity index (χ1) is 15.5. The number of fused-ring (bicyclic) bond motifs is 1. The molecule has 0 spiro atoms. The lowest BCUT2D eigenvalue weighted by molar-refractivity contribution is -0.120. The molecule has 1 saturated carbocycles. The van der Waals surface area contributed by atoms with Gasteiger partial charge < -0.3 is 19.9 Å². The SMILES string of the molecule is COc1ccc(CC(=O)C2(c3ccc4c(c3)OCO4)CC2)cc1-c1ccc(C(N)=O)cc1. The average molecular weight is 429 g/mol. The van der Waals surface area contributed by atoms with Crippen LogP contribution in [-0.4, -0.2) is 25.6 Å². The summed E-state index contributed by atoms with van der Waals surface area (Å²) in [7, 11) is 1.61. The van der Waals surface area contributed by atoms with Crippen molar-refractivity contribution < 1.29 is 23.8 Å². The third-order valence-corrected chi connectivity index (χ3v) is 6.32. The Morgan fingerprint density at radius 3 is 2.41 bits per heavy atom. The number of Topliss-reactive ketones (excluding diaryl/α,β-unsaturated/α-hetero) is 1. The van der Waals surface area contributed by atoms with E-state index < -0.39 is 11.3 Å². The van der Waals surface area contributed by atoms with Gasteiger partial charge >= 0.3 is 0 Å². The molecule has 0 aromatic heterocycles. The fraction of sp³-hybridized carbons (Fsp3) is 0.231. The van der Waals surface area contributed by atoms with Crippen molar-refractivity contribution in [2.24, 2.45) is 5.73 Å². The first-order valence-corrected chi connectivity index (χ1v) is 10.5. The molecule has 2 aliphatic rings. The number of benzene rings is 3. The molecule has 3 aromatic carbocycles. The zero-order chi connectivity index (χ0) is 22.3. The van der Waals surface area contributed by atoms with E-state index >= 15 is 0 Å². The van der Waals surface area contributed by atoms with Gasteiger partial charge in [0.1, 0.15) is 11.5 Å². The average Bonchev–Trinajstić information content (AvgIpc) is 3.50. The number of hydrogen-bond donors (Lipinski definition) is 1. The highest BCUT2D eigenvalue weighted by atomic mass is 16.7. The molecule has 6 heteroatoms. The predicted molar refractivity (Wildman–Crippen MR) is 119 cm³/mol. The lowest BCUT2D eigenvalue weighted by atomic mass is 9.87. The Hall–Kier alpha value is -3.80. The fourth-order valence-electron chi connectivity index (χ4n) is 4.31. The van der Waals surface area contributed by atoms with Gasteiger partial charge in [-0.05, 0) is 65.9 Å². The van der Waals surface area contributed by atoms with Gasteiger partial charge in [0.15, 0.2) is 11.5 Å². The number of hydrogen-bond acceptors (Lipinski definition) is 5. The van der Waals surface area contributed by atoms with E-state index in [9.17, 15) is 9.59 Å². The first-order valence-electron chi connectivity index (χ1n) is 10.5. The Balaban J connectivity index is 1.41. The van der Waals surface area contributed by atoms with Crippen LogP contribution in [0.25, 0.3) is 11.1 Å². The summed E-state index contributed by atoms with van der Waals surface area (Å²) in [4.78, 5) is 24.7. The normalized spacial score (nSPS) is 15.3. The van der Waals surface area contributed by atoms with Crippen molar-refractivity contribution in [1.82, 2.24) is 0 Å². The summed E-state index contributed by atoms with van der Waals surface area (Å²) in [5.41, 5.74) is 8.99. The number of primary amides is 1. The summed E-state index contributed by atoms with van der Waals surface area (Å²) in [5.74, 6) is 1.84. The van der Waals surface area contributed by atoms with Crippen LogP contribution in [0.5, 0.6) is 17.2 Å². The van der Waals surface area contributed by atoms with E-state index in [1.165, 1.54) is 0 Å². The number of ketones is 1. The van der Waals surface area contributed by atoms with Crippen molar-refractivity contribution in [2.75, 3.05) is 13.9 Å². The van der Waals surface area contributed by atoms with Gasteiger partial charge in [-0.15, -0.1) is 0 Å². The van der Waals surface area contributed by atoms with Gasteiger partial charge in [-0.2, -0.15) is 0 Å². The van der Waals surface area contributed by atoms with Crippen molar-refractivity contribution in [3.8, 4) is 28.4 Å². The molecular formula is C26H23NO5. The molecule has 1 fully saturated rings. The van der Waals surface area contributed by atoms with Gasteiger partial charge in [0.05, 0.1) is 12.5 Å². The zero-order valence-electron chi connectivity index (χ0n) is 17.7. The molecule has 1 aliphatic carbocycles. The molecule has 2 N–H and O–H groups in total. The molecule has 6 nitrogen and oxygen atoms in total. The number of ether oxygens (including phenoxy) is 3. The summed E-state index contributed by atoms with van der Waals surface area (Å²) in [5, 5.41) is 0. The number of methoxy groups -OCH3 is 1. The monoisotopic (exact) mass is 429 g/mol. The first kappa shape index (κ1) is 20.1. The van der Waals surface area contributed by atoms with Crippen LogP contribution in [0.1, 0.15) is 34.3 Å². The molecule has 0 radical (unpaired) electrons. The van der Waals surface area contributed by atoms with Crippen LogP contribution in [-0.2, 0) is 16.6 Å². The third kappa shape index (κ3) is 3.47. The molecule has 1 aliphatic heterocycles. The molecule has 32 heavy (non-hydrogen) atoms. The number of amides is 1. The second kappa shape index (κ2) is 7.71. The second-order valence-corrected chi connectivity index (χ2v) is 8.23. The third-order valence-electron chi connectivity index (χ3n) is 6.32. The van der Waals surface area contributed by atoms with E-state index in [4.69, 9.17) is 19.9 Å². The van der Waals surface area contributed by atoms with Crippen molar-refractivity contribution in [2.45, 2.75) is 24.7 Å². The van der Waals surface area contributed by atoms with E-state index in [1.54, 1.807) is 19.2 Å². The fourth-order valence-corrected chi connectivity index (χ4v) is 4.31. The number of rotatable bonds is 7. The van der Waals surface area contributed by atoms with Gasteiger partial charge in [0, 0.05) is 17.5 Å². The topological polar surface area (TPSA) is 87.8 Å². The molecule has 0 unspecified atom stereocenters. The van der Waals surface area contributed by atoms with Crippen LogP contribution in [0, 0.1) is 0 Å². The summed E-state index contributed by atoms with van der Waals surface area (Å²) >= 11 is 0. The van der Waals surface area contributed by atoms with Crippen LogP contribution in [0.3, 0.4) is 0 Å². The number of carbonyl (C=O) groups is 2. The lowest BCUT2D eigenvalue weighted by Gasteiger charge is -2.16. The van der Waals surface area contributed by atoms with Gasteiger partial charge in [0.25, 0.3) is 0 Å². The minimum absolute atomic E-state index is 0.191. The Kier molecular flexibility index (Phi) is 4.85. The van der Waals surface area contributed by atoms with Gasteiger partial charge in [0.2, 0.25) is 12.7 Å². The summed E-state index contributed by atoms with van der Waals surface area (Å²) in [6, 6.07) is 18.6. The number of carbonyl (C=O) groups excluding carboxylic acids is 2. The van der Waals surface area contributed by atoms with E-state index in [2.05, 4.69) is 0 Å². The van der Waals surface area contributed by atoms with Crippen molar-refractivity contribution in [3.63, 3.8) is 0 Å². The predicted octanol–water partition coefficient (Wildman–Crippen LogP) is 4.03. The van der Waals surface area contributed by atoms with Crippen molar-refractivity contribution in [3.05, 3.63) is 77.4 Å². The second-order valence-electron chi connectivity index (χ2n) is 8.23. The van der Waals surface area contributed by atoms with Gasteiger partial charge in [-0.3, -0.25) is 9.59 Å². The Morgan fingerprint density at radius 1 is 0.969 bits per heavy atom. The molecule has 0 bridgehead atoms. The van der Waals surface area contributed by atoms with E-state index in [0.29, 0.717) is 23.5 Å². The Labute approximate surface area is 185 Å². The lowest BCUT2D eigenvalue weighted by Crippen LogP contribution is -2.22. The molecule has 0 atom stereocenters. The van der Waals surface area contributed by atoms with Crippen molar-refractivity contribution in [1.29, 1.82) is 0 Å². The van der Waals surface area contributed by atoms with Crippen LogP contribution < -0.4 is 19.9 Å². The minimum Gasteiger partial charge on any atom is -0.496 e. The summed E-state index contributed by atoms with van der Waals surface area (Å²) in [6.07, 6.45) is 2.00. The van der Waals surface area contributed by atoms with Crippen LogP contribution in [0.2, 0.25) is 0 Å². The standard InChI is InChI=1S/C26H23NO5/c1-30-21-8-2-16(12-20(21)17-3-5-18(6-4-17)25(27)29)13-24(28)26(10-11-26)19-7-9-22-23(14-19)32-15-31-22/h2-9,12,14H,10-11,13,15H2,1H3,(H2,27,29). The van der Waals surface area contributed by atoms with E-state index in [-0.39, 0.29) is 12.6 Å². The molecule has 0 saturated heterocycles. The molecule has 5 rings (SSSR count). The molecular weight excluding hydrogens is 406 g/mol. The van der Waals surface area contributed by atoms with E-state index in [0.717, 1.165) is 40.8 Å². The molecule has 1 amide bonds. The highest BCUT2D eigenvalue weighted by molar-refractivity contribution is 5.95. The van der Waals surface area contributed by atoms with E-state index in [1.807, 2.05) is 48.5 Å². The van der Waals surface area contributed by atoms with Crippen LogP contribution >= 0.6 is 0 Å². The summed E-state index contributed by atoms with van der Waals surface area (Å²) in [6.45, 7) is 0.217. The van der Waals surface area contributed by atoms with Gasteiger partial charge in [-0.1, -0.05) is 24.3 Å². The maximum Gasteiger partial charge on any atom is 0.248 e. The minimum atomic E-state index is -0.471. The quantitative estimate of drug-likeness (QED) is 0.613. The molecule has 3 aromatic rings. The van der Waals surface area contributed by atoms with Crippen LogP contribution in [0.4, 0.5) is 0 Å². The van der Waals surface area contributed by atoms with Crippen molar-refractivity contribution >= 4 is 11.7 Å². The molecule has 162 valence electrons. The Morgan fingerprint density at radius 2 is 1.72 bits per heavy atom. The zero-order valence-corrected chi connectivity index (χ0v) is 17.7. The smallest absolute Gasteiger partial charge is 0.248 e. The Bertz CT molecular complexity index is 1210. The molecule has 1 heterocycles. The number of nitrogens with two attached hydrogens (primary N) is 1. The maximum absolute atomic E-state index is 13.4. The largest absolute Gasteiger partial charge is 0.496 e. The van der Waals surface area contributed by atoms with Crippen LogP contribution in [0.15, 0.2) is 60.7 Å². The van der Waals surface area contributed by atoms with Gasteiger partial charge in [-0.25, -0.2) is 0 Å².